The first-order valence-corrected chi connectivity index (χ1v) is 8.16. The first kappa shape index (κ1) is 16.7. The SMILES string of the molecule is O=C(Nc1ccc(F)cc1)Nc1ccc2[nH]nc(-c3ccc(F)cc3)c2c1. The smallest absolute Gasteiger partial charge is 0.308 e. The van der Waals surface area contributed by atoms with E-state index in [-0.39, 0.29) is 11.6 Å². The van der Waals surface area contributed by atoms with Crippen molar-refractivity contribution in [2.45, 2.75) is 0 Å². The summed E-state index contributed by atoms with van der Waals surface area (Å²) < 4.78 is 26.1. The second-order valence-electron chi connectivity index (χ2n) is 5.93. The number of hydrogen-bond donors (Lipinski definition) is 3. The standard InChI is InChI=1S/C20H14F2N4O/c21-13-3-1-12(2-4-13)19-17-11-16(9-10-18(17)25-26-19)24-20(27)23-15-7-5-14(22)6-8-15/h1-11H,(H,25,26)(H2,23,24,27). The van der Waals surface area contributed by atoms with Gasteiger partial charge in [-0.25, -0.2) is 13.6 Å². The number of halogens is 2. The van der Waals surface area contributed by atoms with E-state index in [9.17, 15) is 13.6 Å². The molecule has 0 radical (unpaired) electrons. The number of anilines is 2. The number of amides is 2. The van der Waals surface area contributed by atoms with Gasteiger partial charge in [0.25, 0.3) is 0 Å². The molecule has 4 rings (SSSR count). The van der Waals surface area contributed by atoms with E-state index in [1.165, 1.54) is 36.4 Å². The van der Waals surface area contributed by atoms with Crippen molar-refractivity contribution >= 4 is 28.3 Å². The number of nitrogens with zero attached hydrogens (tertiary/aromatic N) is 1. The van der Waals surface area contributed by atoms with Crippen LogP contribution in [0.3, 0.4) is 0 Å². The van der Waals surface area contributed by atoms with Crippen molar-refractivity contribution in [3.8, 4) is 11.3 Å². The zero-order valence-electron chi connectivity index (χ0n) is 14.0. The molecule has 134 valence electrons. The van der Waals surface area contributed by atoms with E-state index in [0.29, 0.717) is 17.1 Å². The summed E-state index contributed by atoms with van der Waals surface area (Å²) in [5.41, 5.74) is 3.25. The van der Waals surface area contributed by atoms with E-state index in [1.807, 2.05) is 0 Å². The van der Waals surface area contributed by atoms with E-state index in [1.54, 1.807) is 30.3 Å². The lowest BCUT2D eigenvalue weighted by Crippen LogP contribution is -2.19. The molecule has 3 N–H and O–H groups in total. The average Bonchev–Trinajstić information content (AvgIpc) is 3.07. The molecular weight excluding hydrogens is 350 g/mol. The van der Waals surface area contributed by atoms with Gasteiger partial charge >= 0.3 is 6.03 Å². The van der Waals surface area contributed by atoms with Gasteiger partial charge in [-0.2, -0.15) is 5.10 Å². The van der Waals surface area contributed by atoms with Crippen LogP contribution in [-0.2, 0) is 0 Å². The Morgan fingerprint density at radius 2 is 1.41 bits per heavy atom. The second-order valence-corrected chi connectivity index (χ2v) is 5.93. The molecule has 5 nitrogen and oxygen atoms in total. The van der Waals surface area contributed by atoms with Gasteiger partial charge in [-0.3, -0.25) is 5.10 Å². The fraction of sp³-hybridized carbons (Fsp3) is 0. The fourth-order valence-corrected chi connectivity index (χ4v) is 2.75. The summed E-state index contributed by atoms with van der Waals surface area (Å²) in [6.07, 6.45) is 0. The summed E-state index contributed by atoms with van der Waals surface area (Å²) in [5, 5.41) is 13.4. The molecule has 0 spiro atoms. The third-order valence-corrected chi connectivity index (χ3v) is 4.04. The van der Waals surface area contributed by atoms with Crippen molar-refractivity contribution < 1.29 is 13.6 Å². The average molecular weight is 364 g/mol. The van der Waals surface area contributed by atoms with Gasteiger partial charge in [-0.15, -0.1) is 0 Å². The van der Waals surface area contributed by atoms with E-state index >= 15 is 0 Å². The number of carbonyl (C=O) groups excluding carboxylic acids is 1. The number of aromatic amines is 1. The van der Waals surface area contributed by atoms with Gasteiger partial charge in [-0.05, 0) is 66.7 Å². The predicted octanol–water partition coefficient (Wildman–Crippen LogP) is 5.15. The van der Waals surface area contributed by atoms with E-state index in [0.717, 1.165) is 16.5 Å². The van der Waals surface area contributed by atoms with Crippen molar-refractivity contribution in [1.29, 1.82) is 0 Å². The second kappa shape index (κ2) is 6.87. The molecule has 0 saturated heterocycles. The number of fused-ring (bicyclic) bond motifs is 1. The largest absolute Gasteiger partial charge is 0.323 e. The minimum atomic E-state index is -0.451. The molecule has 0 atom stereocenters. The van der Waals surface area contributed by atoms with E-state index in [4.69, 9.17) is 0 Å². The summed E-state index contributed by atoms with van der Waals surface area (Å²) >= 11 is 0. The van der Waals surface area contributed by atoms with Crippen molar-refractivity contribution in [2.24, 2.45) is 0 Å². The number of nitrogens with one attached hydrogen (secondary N) is 3. The summed E-state index contributed by atoms with van der Waals surface area (Å²) in [6.45, 7) is 0. The lowest BCUT2D eigenvalue weighted by molar-refractivity contribution is 0.262. The molecule has 7 heteroatoms. The van der Waals surface area contributed by atoms with Crippen molar-refractivity contribution in [1.82, 2.24) is 10.2 Å². The van der Waals surface area contributed by atoms with Gasteiger partial charge in [-0.1, -0.05) is 0 Å². The minimum Gasteiger partial charge on any atom is -0.308 e. The summed E-state index contributed by atoms with van der Waals surface area (Å²) in [7, 11) is 0. The van der Waals surface area contributed by atoms with Crippen LogP contribution < -0.4 is 10.6 Å². The monoisotopic (exact) mass is 364 g/mol. The third-order valence-electron chi connectivity index (χ3n) is 4.04. The maximum atomic E-state index is 13.1. The van der Waals surface area contributed by atoms with Crippen LogP contribution in [0.5, 0.6) is 0 Å². The summed E-state index contributed by atoms with van der Waals surface area (Å²) in [5.74, 6) is -0.696. The van der Waals surface area contributed by atoms with Crippen LogP contribution in [0, 0.1) is 11.6 Å². The van der Waals surface area contributed by atoms with Crippen LogP contribution in [0.15, 0.2) is 66.7 Å². The zero-order valence-corrected chi connectivity index (χ0v) is 14.0. The maximum absolute atomic E-state index is 13.1. The Labute approximate surface area is 153 Å². The fourth-order valence-electron chi connectivity index (χ4n) is 2.75. The highest BCUT2D eigenvalue weighted by Crippen LogP contribution is 2.28. The number of carbonyl (C=O) groups is 1. The number of aromatic nitrogens is 2. The molecule has 3 aromatic carbocycles. The lowest BCUT2D eigenvalue weighted by atomic mass is 10.1. The third kappa shape index (κ3) is 3.62. The molecule has 2 amide bonds. The van der Waals surface area contributed by atoms with Crippen LogP contribution in [0.25, 0.3) is 22.2 Å². The predicted molar refractivity (Wildman–Crippen MR) is 101 cm³/mol. The number of benzene rings is 3. The lowest BCUT2D eigenvalue weighted by Gasteiger charge is -2.08. The Hall–Kier alpha value is -3.74. The first-order chi connectivity index (χ1) is 13.1. The van der Waals surface area contributed by atoms with Crippen molar-refractivity contribution in [2.75, 3.05) is 10.6 Å². The minimum absolute atomic E-state index is 0.321. The van der Waals surface area contributed by atoms with E-state index < -0.39 is 6.03 Å². The summed E-state index contributed by atoms with van der Waals surface area (Å²) in [6, 6.07) is 16.4. The molecule has 0 fully saturated rings. The Morgan fingerprint density at radius 3 is 2.11 bits per heavy atom. The van der Waals surface area contributed by atoms with Gasteiger partial charge < -0.3 is 10.6 Å². The summed E-state index contributed by atoms with van der Waals surface area (Å²) in [4.78, 5) is 12.2. The van der Waals surface area contributed by atoms with Crippen LogP contribution in [0.2, 0.25) is 0 Å². The molecule has 0 saturated carbocycles. The molecule has 27 heavy (non-hydrogen) atoms. The molecule has 0 unspecified atom stereocenters. The molecule has 1 heterocycles. The Morgan fingerprint density at radius 1 is 0.815 bits per heavy atom. The van der Waals surface area contributed by atoms with Crippen LogP contribution in [0.4, 0.5) is 25.0 Å². The Bertz CT molecular complexity index is 1110. The first-order valence-electron chi connectivity index (χ1n) is 8.16. The highest BCUT2D eigenvalue weighted by atomic mass is 19.1. The number of rotatable bonds is 3. The molecule has 1 aromatic heterocycles. The molecule has 0 aliphatic rings. The molecule has 0 aliphatic heterocycles. The number of hydrogen-bond acceptors (Lipinski definition) is 2. The van der Waals surface area contributed by atoms with Gasteiger partial charge in [0, 0.05) is 22.3 Å². The number of H-pyrrole nitrogens is 1. The van der Waals surface area contributed by atoms with E-state index in [2.05, 4.69) is 20.8 Å². The Balaban J connectivity index is 1.57. The maximum Gasteiger partial charge on any atom is 0.323 e. The van der Waals surface area contributed by atoms with Gasteiger partial charge in [0.05, 0.1) is 11.2 Å². The highest BCUT2D eigenvalue weighted by Gasteiger charge is 2.10. The molecule has 0 bridgehead atoms. The van der Waals surface area contributed by atoms with Gasteiger partial charge in [0.15, 0.2) is 0 Å². The topological polar surface area (TPSA) is 69.8 Å². The Kier molecular flexibility index (Phi) is 4.25. The van der Waals surface area contributed by atoms with Crippen LogP contribution in [0.1, 0.15) is 0 Å². The normalized spacial score (nSPS) is 10.7. The van der Waals surface area contributed by atoms with Gasteiger partial charge in [0.1, 0.15) is 11.6 Å². The molecule has 0 aliphatic carbocycles. The molecule has 4 aromatic rings. The zero-order chi connectivity index (χ0) is 18.8. The molecular formula is C20H14F2N4O. The van der Waals surface area contributed by atoms with Crippen LogP contribution in [-0.4, -0.2) is 16.2 Å². The van der Waals surface area contributed by atoms with Crippen molar-refractivity contribution in [3.63, 3.8) is 0 Å². The van der Waals surface area contributed by atoms with Crippen LogP contribution >= 0.6 is 0 Å². The van der Waals surface area contributed by atoms with Gasteiger partial charge in [0.2, 0.25) is 0 Å². The number of urea groups is 1. The highest BCUT2D eigenvalue weighted by molar-refractivity contribution is 6.02. The quantitative estimate of drug-likeness (QED) is 0.470. The van der Waals surface area contributed by atoms with Crippen molar-refractivity contribution in [3.05, 3.63) is 78.4 Å².